The van der Waals surface area contributed by atoms with Crippen LogP contribution in [0.3, 0.4) is 0 Å². The van der Waals surface area contributed by atoms with E-state index in [0.29, 0.717) is 25.9 Å². The van der Waals surface area contributed by atoms with Gasteiger partial charge in [-0.2, -0.15) is 0 Å². The zero-order chi connectivity index (χ0) is 22.0. The number of carbonyl (C=O) groups excluding carboxylic acids is 1. The average molecular weight is 443 g/mol. The van der Waals surface area contributed by atoms with Gasteiger partial charge >= 0.3 is 0 Å². The van der Waals surface area contributed by atoms with Gasteiger partial charge in [0.2, 0.25) is 0 Å². The number of benzene rings is 2. The zero-order valence-electron chi connectivity index (χ0n) is 17.6. The van der Waals surface area contributed by atoms with Crippen LogP contribution in [0.4, 0.5) is 11.4 Å². The van der Waals surface area contributed by atoms with E-state index in [1.807, 2.05) is 4.90 Å². The van der Waals surface area contributed by atoms with E-state index in [1.54, 1.807) is 6.07 Å². The number of nitrogens with zero attached hydrogens (tertiary/aromatic N) is 2. The minimum Gasteiger partial charge on any atom is -0.302 e. The SMILES string of the molecule is Cc1cc2c(cc1C)N(C(=O)c1sc3cc([N+](=O)[O-])ccc3c1Cl)C(C)(C)CC2C. The minimum absolute atomic E-state index is 0.0111. The van der Waals surface area contributed by atoms with Crippen LogP contribution in [-0.4, -0.2) is 16.4 Å². The van der Waals surface area contributed by atoms with E-state index in [-0.39, 0.29) is 11.6 Å². The summed E-state index contributed by atoms with van der Waals surface area (Å²) < 4.78 is 0.640. The molecule has 1 atom stereocenters. The molecular formula is C23H23ClN2O3S. The summed E-state index contributed by atoms with van der Waals surface area (Å²) in [5.41, 5.74) is 4.03. The Labute approximate surface area is 184 Å². The molecule has 3 aromatic rings. The van der Waals surface area contributed by atoms with Crippen LogP contribution >= 0.6 is 22.9 Å². The quantitative estimate of drug-likeness (QED) is 0.316. The van der Waals surface area contributed by atoms with E-state index in [0.717, 1.165) is 17.7 Å². The Morgan fingerprint density at radius 1 is 1.23 bits per heavy atom. The number of thiophene rings is 1. The molecule has 0 radical (unpaired) electrons. The van der Waals surface area contributed by atoms with Crippen LogP contribution < -0.4 is 4.90 Å². The molecule has 0 N–H and O–H groups in total. The molecule has 1 amide bonds. The number of hydrogen-bond acceptors (Lipinski definition) is 4. The lowest BCUT2D eigenvalue weighted by molar-refractivity contribution is -0.384. The highest BCUT2D eigenvalue weighted by molar-refractivity contribution is 7.21. The molecule has 30 heavy (non-hydrogen) atoms. The molecule has 2 aromatic carbocycles. The molecule has 1 unspecified atom stereocenters. The predicted octanol–water partition coefficient (Wildman–Crippen LogP) is 7.01. The highest BCUT2D eigenvalue weighted by Crippen LogP contribution is 2.47. The molecule has 0 spiro atoms. The fourth-order valence-electron chi connectivity index (χ4n) is 4.48. The maximum atomic E-state index is 13.8. The van der Waals surface area contributed by atoms with E-state index < -0.39 is 10.5 Å². The molecule has 0 bridgehead atoms. The number of amides is 1. The predicted molar refractivity (Wildman–Crippen MR) is 123 cm³/mol. The minimum atomic E-state index is -0.439. The van der Waals surface area contributed by atoms with Crippen LogP contribution in [0.25, 0.3) is 10.1 Å². The molecule has 0 saturated heterocycles. The van der Waals surface area contributed by atoms with Gasteiger partial charge in [-0.3, -0.25) is 14.9 Å². The smallest absolute Gasteiger partial charge is 0.270 e. The van der Waals surface area contributed by atoms with E-state index in [9.17, 15) is 14.9 Å². The first-order chi connectivity index (χ1) is 14.0. The monoisotopic (exact) mass is 442 g/mol. The van der Waals surface area contributed by atoms with Gasteiger partial charge in [-0.05, 0) is 68.9 Å². The first kappa shape index (κ1) is 20.8. The second kappa shape index (κ2) is 7.06. The third-order valence-corrected chi connectivity index (χ3v) is 7.69. The van der Waals surface area contributed by atoms with Gasteiger partial charge in [0.05, 0.1) is 9.95 Å². The molecule has 1 aliphatic heterocycles. The summed E-state index contributed by atoms with van der Waals surface area (Å²) >= 11 is 7.81. The van der Waals surface area contributed by atoms with Gasteiger partial charge in [0.1, 0.15) is 4.88 Å². The Morgan fingerprint density at radius 2 is 1.90 bits per heavy atom. The van der Waals surface area contributed by atoms with Crippen LogP contribution in [0.15, 0.2) is 30.3 Å². The van der Waals surface area contributed by atoms with Crippen LogP contribution in [0.5, 0.6) is 0 Å². The molecular weight excluding hydrogens is 420 g/mol. The molecule has 0 saturated carbocycles. The van der Waals surface area contributed by atoms with Gasteiger partial charge in [-0.25, -0.2) is 0 Å². The topological polar surface area (TPSA) is 63.5 Å². The first-order valence-corrected chi connectivity index (χ1v) is 11.0. The van der Waals surface area contributed by atoms with Crippen LogP contribution in [0.1, 0.15) is 59.5 Å². The van der Waals surface area contributed by atoms with Crippen molar-refractivity contribution in [2.24, 2.45) is 0 Å². The molecule has 0 aliphatic carbocycles. The molecule has 4 rings (SSSR count). The third kappa shape index (κ3) is 3.19. The van der Waals surface area contributed by atoms with Crippen LogP contribution in [-0.2, 0) is 0 Å². The highest BCUT2D eigenvalue weighted by atomic mass is 35.5. The maximum Gasteiger partial charge on any atom is 0.270 e. The van der Waals surface area contributed by atoms with Crippen molar-refractivity contribution in [2.75, 3.05) is 4.90 Å². The van der Waals surface area contributed by atoms with Gasteiger partial charge in [-0.1, -0.05) is 24.6 Å². The Morgan fingerprint density at radius 3 is 2.57 bits per heavy atom. The fourth-order valence-corrected chi connectivity index (χ4v) is 5.95. The third-order valence-electron chi connectivity index (χ3n) is 6.05. The molecule has 1 aliphatic rings. The number of anilines is 1. The van der Waals surface area contributed by atoms with Gasteiger partial charge in [0, 0.05) is 33.4 Å². The van der Waals surface area contributed by atoms with Crippen molar-refractivity contribution < 1.29 is 9.72 Å². The van der Waals surface area contributed by atoms with Crippen molar-refractivity contribution in [3.05, 3.63) is 67.0 Å². The number of rotatable bonds is 2. The first-order valence-electron chi connectivity index (χ1n) is 9.83. The maximum absolute atomic E-state index is 13.8. The number of carbonyl (C=O) groups is 1. The lowest BCUT2D eigenvalue weighted by atomic mass is 9.79. The molecule has 7 heteroatoms. The summed E-state index contributed by atoms with van der Waals surface area (Å²) in [6.07, 6.45) is 0.836. The lowest BCUT2D eigenvalue weighted by Crippen LogP contribution is -2.51. The second-order valence-corrected chi connectivity index (χ2v) is 10.2. The lowest BCUT2D eigenvalue weighted by Gasteiger charge is -2.46. The van der Waals surface area contributed by atoms with Crippen molar-refractivity contribution in [1.82, 2.24) is 0 Å². The number of hydrogen-bond donors (Lipinski definition) is 0. The summed E-state index contributed by atoms with van der Waals surface area (Å²) in [6.45, 7) is 10.5. The normalized spacial score (nSPS) is 17.8. The highest BCUT2D eigenvalue weighted by Gasteiger charge is 2.41. The van der Waals surface area contributed by atoms with E-state index >= 15 is 0 Å². The number of non-ortho nitro benzene ring substituents is 1. The van der Waals surface area contributed by atoms with Crippen molar-refractivity contribution in [3.8, 4) is 0 Å². The van der Waals surface area contributed by atoms with Crippen LogP contribution in [0, 0.1) is 24.0 Å². The zero-order valence-corrected chi connectivity index (χ0v) is 19.1. The summed E-state index contributed by atoms with van der Waals surface area (Å²) in [7, 11) is 0. The molecule has 5 nitrogen and oxygen atoms in total. The van der Waals surface area contributed by atoms with E-state index in [4.69, 9.17) is 11.6 Å². The second-order valence-electron chi connectivity index (χ2n) is 8.74. The number of fused-ring (bicyclic) bond motifs is 2. The van der Waals surface area contributed by atoms with E-state index in [2.05, 4.69) is 46.8 Å². The fraction of sp³-hybridized carbons (Fsp3) is 0.348. The summed E-state index contributed by atoms with van der Waals surface area (Å²) in [5.74, 6) is 0.170. The van der Waals surface area contributed by atoms with Gasteiger partial charge in [-0.15, -0.1) is 11.3 Å². The standard InChI is InChI=1S/C23H23ClN2O3S/c1-12-8-17-14(3)11-23(4,5)25(18(17)9-13(12)2)22(27)21-20(24)16-7-6-15(26(28)29)10-19(16)30-21/h6-10,14H,11H2,1-5H3. The van der Waals surface area contributed by atoms with Gasteiger partial charge in [0.15, 0.2) is 0 Å². The van der Waals surface area contributed by atoms with Crippen molar-refractivity contribution in [2.45, 2.75) is 52.5 Å². The molecule has 0 fully saturated rings. The van der Waals surface area contributed by atoms with Gasteiger partial charge < -0.3 is 4.90 Å². The average Bonchev–Trinajstić information content (AvgIpc) is 2.99. The summed E-state index contributed by atoms with van der Waals surface area (Å²) in [5, 5.41) is 12.2. The number of halogens is 1. The Bertz CT molecular complexity index is 1210. The van der Waals surface area contributed by atoms with Crippen molar-refractivity contribution >= 4 is 50.3 Å². The van der Waals surface area contributed by atoms with Crippen molar-refractivity contribution in [1.29, 1.82) is 0 Å². The van der Waals surface area contributed by atoms with Gasteiger partial charge in [0.25, 0.3) is 11.6 Å². The molecule has 2 heterocycles. The Balaban J connectivity index is 1.88. The largest absolute Gasteiger partial charge is 0.302 e. The Kier molecular flexibility index (Phi) is 4.90. The van der Waals surface area contributed by atoms with Crippen molar-refractivity contribution in [3.63, 3.8) is 0 Å². The molecule has 156 valence electrons. The summed E-state index contributed by atoms with van der Waals surface area (Å²) in [4.78, 5) is 26.8. The van der Waals surface area contributed by atoms with E-state index in [1.165, 1.54) is 34.6 Å². The Hall–Kier alpha value is -2.44. The number of nitro benzene ring substituents is 1. The number of nitro groups is 1. The molecule has 1 aromatic heterocycles. The number of aryl methyl sites for hydroxylation is 2. The van der Waals surface area contributed by atoms with Crippen LogP contribution in [0.2, 0.25) is 5.02 Å². The summed E-state index contributed by atoms with van der Waals surface area (Å²) in [6, 6.07) is 8.79.